The van der Waals surface area contributed by atoms with Crippen molar-refractivity contribution in [3.8, 4) is 0 Å². The van der Waals surface area contributed by atoms with E-state index >= 15 is 0 Å². The van der Waals surface area contributed by atoms with Gasteiger partial charge in [0.15, 0.2) is 0 Å². The highest BCUT2D eigenvalue weighted by molar-refractivity contribution is 6.31. The Labute approximate surface area is 158 Å². The lowest BCUT2D eigenvalue weighted by Gasteiger charge is -2.36. The summed E-state index contributed by atoms with van der Waals surface area (Å²) >= 11 is 6.34. The molecule has 1 aliphatic heterocycles. The number of rotatable bonds is 6. The van der Waals surface area contributed by atoms with Crippen molar-refractivity contribution in [2.75, 3.05) is 32.7 Å². The number of hydrogen-bond donors (Lipinski definition) is 2. The van der Waals surface area contributed by atoms with Gasteiger partial charge in [-0.25, -0.2) is 4.39 Å². The van der Waals surface area contributed by atoms with E-state index in [4.69, 9.17) is 11.6 Å². The number of benzene rings is 2. The summed E-state index contributed by atoms with van der Waals surface area (Å²) in [5, 5.41) is 7.05. The van der Waals surface area contributed by atoms with Crippen LogP contribution in [0, 0.1) is 5.82 Å². The second kappa shape index (κ2) is 9.12. The summed E-state index contributed by atoms with van der Waals surface area (Å²) < 4.78 is 12.9. The van der Waals surface area contributed by atoms with Crippen molar-refractivity contribution in [2.45, 2.75) is 12.5 Å². The van der Waals surface area contributed by atoms with Crippen LogP contribution in [0.2, 0.25) is 5.02 Å². The van der Waals surface area contributed by atoms with Crippen molar-refractivity contribution in [1.82, 2.24) is 15.5 Å². The van der Waals surface area contributed by atoms with Gasteiger partial charge in [0, 0.05) is 37.2 Å². The van der Waals surface area contributed by atoms with E-state index in [1.54, 1.807) is 12.1 Å². The number of amides is 1. The molecular formula is C20H23ClFN3O. The molecule has 0 radical (unpaired) electrons. The van der Waals surface area contributed by atoms with Crippen molar-refractivity contribution in [2.24, 2.45) is 0 Å². The minimum atomic E-state index is -0.248. The summed E-state index contributed by atoms with van der Waals surface area (Å²) in [6.45, 7) is 3.28. The van der Waals surface area contributed by atoms with Gasteiger partial charge in [0.25, 0.3) is 0 Å². The fraction of sp³-hybridized carbons (Fsp3) is 0.350. The number of halogens is 2. The van der Waals surface area contributed by atoms with Crippen LogP contribution < -0.4 is 10.6 Å². The van der Waals surface area contributed by atoms with E-state index in [-0.39, 0.29) is 17.8 Å². The van der Waals surface area contributed by atoms with Gasteiger partial charge in [-0.1, -0.05) is 41.9 Å². The Morgan fingerprint density at radius 3 is 2.77 bits per heavy atom. The first-order valence-electron chi connectivity index (χ1n) is 8.84. The van der Waals surface area contributed by atoms with Crippen molar-refractivity contribution in [1.29, 1.82) is 0 Å². The topological polar surface area (TPSA) is 44.4 Å². The number of hydrogen-bond acceptors (Lipinski definition) is 3. The van der Waals surface area contributed by atoms with Gasteiger partial charge in [-0.15, -0.1) is 0 Å². The second-order valence-electron chi connectivity index (χ2n) is 6.44. The largest absolute Gasteiger partial charge is 0.355 e. The van der Waals surface area contributed by atoms with Crippen LogP contribution in [0.4, 0.5) is 4.39 Å². The molecule has 2 aromatic rings. The van der Waals surface area contributed by atoms with Crippen LogP contribution in [0.3, 0.4) is 0 Å². The molecule has 3 rings (SSSR count). The number of carbonyl (C=O) groups is 1. The molecule has 1 aliphatic rings. The highest BCUT2D eigenvalue weighted by atomic mass is 35.5. The van der Waals surface area contributed by atoms with Crippen LogP contribution in [0.1, 0.15) is 17.2 Å². The van der Waals surface area contributed by atoms with Gasteiger partial charge in [0.05, 0.1) is 6.54 Å². The maximum Gasteiger partial charge on any atom is 0.234 e. The van der Waals surface area contributed by atoms with Gasteiger partial charge in [-0.2, -0.15) is 0 Å². The molecule has 1 fully saturated rings. The van der Waals surface area contributed by atoms with Crippen molar-refractivity contribution >= 4 is 17.5 Å². The molecule has 2 aromatic carbocycles. The molecule has 4 nitrogen and oxygen atoms in total. The van der Waals surface area contributed by atoms with Crippen LogP contribution in [0.25, 0.3) is 0 Å². The molecule has 2 N–H and O–H groups in total. The molecule has 138 valence electrons. The predicted octanol–water partition coefficient (Wildman–Crippen LogP) is 2.78. The first-order chi connectivity index (χ1) is 12.6. The fourth-order valence-corrected chi connectivity index (χ4v) is 3.49. The summed E-state index contributed by atoms with van der Waals surface area (Å²) in [7, 11) is 0. The number of nitrogens with zero attached hydrogens (tertiary/aromatic N) is 1. The molecule has 1 saturated heterocycles. The third-order valence-electron chi connectivity index (χ3n) is 4.61. The Bertz CT molecular complexity index is 738. The van der Waals surface area contributed by atoms with Crippen molar-refractivity contribution in [3.63, 3.8) is 0 Å². The van der Waals surface area contributed by atoms with Gasteiger partial charge < -0.3 is 10.6 Å². The molecule has 0 saturated carbocycles. The van der Waals surface area contributed by atoms with Gasteiger partial charge in [0.2, 0.25) is 5.91 Å². The Balaban J connectivity index is 1.53. The molecule has 0 spiro atoms. The maximum atomic E-state index is 12.9. The Morgan fingerprint density at radius 1 is 1.23 bits per heavy atom. The summed E-state index contributed by atoms with van der Waals surface area (Å²) in [6.07, 6.45) is 0.682. The van der Waals surface area contributed by atoms with E-state index in [1.807, 2.05) is 24.3 Å². The van der Waals surface area contributed by atoms with E-state index in [0.717, 1.165) is 35.8 Å². The summed E-state index contributed by atoms with van der Waals surface area (Å²) in [5.41, 5.74) is 2.04. The lowest BCUT2D eigenvalue weighted by molar-refractivity contribution is -0.123. The normalized spacial score (nSPS) is 17.8. The molecule has 1 atom stereocenters. The van der Waals surface area contributed by atoms with Crippen molar-refractivity contribution < 1.29 is 9.18 Å². The molecule has 1 heterocycles. The summed E-state index contributed by atoms with van der Waals surface area (Å²) in [4.78, 5) is 14.5. The third-order valence-corrected chi connectivity index (χ3v) is 4.96. The zero-order valence-electron chi connectivity index (χ0n) is 14.6. The first-order valence-corrected chi connectivity index (χ1v) is 9.21. The van der Waals surface area contributed by atoms with Gasteiger partial charge >= 0.3 is 0 Å². The second-order valence-corrected chi connectivity index (χ2v) is 6.85. The average Bonchev–Trinajstić information content (AvgIpc) is 2.64. The summed E-state index contributed by atoms with van der Waals surface area (Å²) in [6, 6.07) is 14.2. The molecule has 0 bridgehead atoms. The standard InChI is InChI=1S/C20H23ClFN3O/c21-18-4-2-1-3-17(18)19-13-23-11-12-25(19)14-20(26)24-10-9-15-5-7-16(22)8-6-15/h1-8,19,23H,9-14H2,(H,24,26). The SMILES string of the molecule is O=C(CN1CCNCC1c1ccccc1Cl)NCCc1ccc(F)cc1. The van der Waals surface area contributed by atoms with Crippen LogP contribution >= 0.6 is 11.6 Å². The Morgan fingerprint density at radius 2 is 2.00 bits per heavy atom. The minimum Gasteiger partial charge on any atom is -0.355 e. The lowest BCUT2D eigenvalue weighted by atomic mass is 10.0. The summed E-state index contributed by atoms with van der Waals surface area (Å²) in [5.74, 6) is -0.256. The predicted molar refractivity (Wildman–Crippen MR) is 102 cm³/mol. The zero-order valence-corrected chi connectivity index (χ0v) is 15.3. The van der Waals surface area contributed by atoms with Crippen LogP contribution in [0.15, 0.2) is 48.5 Å². The van der Waals surface area contributed by atoms with E-state index in [0.29, 0.717) is 19.5 Å². The lowest BCUT2D eigenvalue weighted by Crippen LogP contribution is -2.49. The maximum absolute atomic E-state index is 12.9. The number of nitrogens with one attached hydrogen (secondary N) is 2. The minimum absolute atomic E-state index is 0.00827. The van der Waals surface area contributed by atoms with E-state index in [1.165, 1.54) is 12.1 Å². The quantitative estimate of drug-likeness (QED) is 0.816. The molecule has 1 amide bonds. The monoisotopic (exact) mass is 375 g/mol. The molecular weight excluding hydrogens is 353 g/mol. The average molecular weight is 376 g/mol. The fourth-order valence-electron chi connectivity index (χ4n) is 3.23. The Hall–Kier alpha value is -1.95. The Kier molecular flexibility index (Phi) is 6.61. The van der Waals surface area contributed by atoms with Crippen molar-refractivity contribution in [3.05, 3.63) is 70.5 Å². The van der Waals surface area contributed by atoms with Gasteiger partial charge in [-0.3, -0.25) is 9.69 Å². The third kappa shape index (κ3) is 5.04. The van der Waals surface area contributed by atoms with Crippen LogP contribution in [-0.2, 0) is 11.2 Å². The highest BCUT2D eigenvalue weighted by Crippen LogP contribution is 2.28. The molecule has 0 aliphatic carbocycles. The molecule has 1 unspecified atom stereocenters. The smallest absolute Gasteiger partial charge is 0.234 e. The zero-order chi connectivity index (χ0) is 18.4. The molecule has 26 heavy (non-hydrogen) atoms. The molecule has 6 heteroatoms. The first kappa shape index (κ1) is 18.8. The number of piperazine rings is 1. The van der Waals surface area contributed by atoms with E-state index < -0.39 is 0 Å². The highest BCUT2D eigenvalue weighted by Gasteiger charge is 2.26. The van der Waals surface area contributed by atoms with E-state index in [9.17, 15) is 9.18 Å². The van der Waals surface area contributed by atoms with Gasteiger partial charge in [-0.05, 0) is 35.7 Å². The van der Waals surface area contributed by atoms with Crippen LogP contribution in [0.5, 0.6) is 0 Å². The molecule has 0 aromatic heterocycles. The number of carbonyl (C=O) groups excluding carboxylic acids is 1. The van der Waals surface area contributed by atoms with Gasteiger partial charge in [0.1, 0.15) is 5.82 Å². The van der Waals surface area contributed by atoms with Crippen LogP contribution in [-0.4, -0.2) is 43.5 Å². The van der Waals surface area contributed by atoms with E-state index in [2.05, 4.69) is 15.5 Å².